The predicted molar refractivity (Wildman–Crippen MR) is 82.6 cm³/mol. The summed E-state index contributed by atoms with van der Waals surface area (Å²) in [5.41, 5.74) is 5.98. The van der Waals surface area contributed by atoms with Crippen molar-refractivity contribution >= 4 is 23.3 Å². The summed E-state index contributed by atoms with van der Waals surface area (Å²) in [5.74, 6) is 0. The van der Waals surface area contributed by atoms with Crippen LogP contribution in [0.15, 0.2) is 42.5 Å². The molecular formula is C16H16N2S. The summed E-state index contributed by atoms with van der Waals surface area (Å²) in [5, 5.41) is 0. The fraction of sp³-hybridized carbons (Fsp3) is 0.188. The molecule has 2 nitrogen and oxygen atoms in total. The maximum absolute atomic E-state index is 5.51. The number of nitrogens with one attached hydrogen (secondary N) is 1. The van der Waals surface area contributed by atoms with Crippen LogP contribution in [-0.4, -0.2) is 9.55 Å². The Bertz CT molecular complexity index is 796. The van der Waals surface area contributed by atoms with E-state index >= 15 is 0 Å². The van der Waals surface area contributed by atoms with Gasteiger partial charge < -0.3 is 4.98 Å². The van der Waals surface area contributed by atoms with E-state index in [4.69, 9.17) is 12.2 Å². The average Bonchev–Trinajstić information content (AvgIpc) is 2.76. The summed E-state index contributed by atoms with van der Waals surface area (Å²) >= 11 is 5.51. The van der Waals surface area contributed by atoms with Crippen LogP contribution in [0, 0.1) is 11.7 Å². The second kappa shape index (κ2) is 4.67. The predicted octanol–water partition coefficient (Wildman–Crippen LogP) is 4.56. The summed E-state index contributed by atoms with van der Waals surface area (Å²) in [4.78, 5) is 3.30. The zero-order valence-corrected chi connectivity index (χ0v) is 11.9. The quantitative estimate of drug-likeness (QED) is 0.676. The first-order chi connectivity index (χ1) is 9.22. The van der Waals surface area contributed by atoms with E-state index in [1.807, 2.05) is 0 Å². The van der Waals surface area contributed by atoms with E-state index in [-0.39, 0.29) is 0 Å². The minimum Gasteiger partial charge on any atom is -0.330 e. The Labute approximate surface area is 117 Å². The molecule has 0 aliphatic heterocycles. The van der Waals surface area contributed by atoms with Crippen molar-refractivity contribution in [3.63, 3.8) is 0 Å². The number of imidazole rings is 1. The molecule has 2 aromatic carbocycles. The second-order valence-electron chi connectivity index (χ2n) is 4.72. The molecule has 0 aliphatic carbocycles. The standard InChI is InChI=1S/C16H16N2S/c1-3-12-8-4-5-10-14(12)18-15-11(2)7-6-9-13(15)17-16(18)19/h4-10H,3H2,1-2H3,(H,17,19). The minimum atomic E-state index is 0.755. The molecule has 0 amide bonds. The number of hydrogen-bond donors (Lipinski definition) is 1. The molecule has 96 valence electrons. The van der Waals surface area contributed by atoms with E-state index in [0.717, 1.165) is 16.7 Å². The third kappa shape index (κ3) is 1.90. The smallest absolute Gasteiger partial charge is 0.182 e. The van der Waals surface area contributed by atoms with Crippen LogP contribution in [0.3, 0.4) is 0 Å². The summed E-state index contributed by atoms with van der Waals surface area (Å²) < 4.78 is 2.91. The van der Waals surface area contributed by atoms with Gasteiger partial charge in [0.25, 0.3) is 0 Å². The summed E-state index contributed by atoms with van der Waals surface area (Å²) in [7, 11) is 0. The van der Waals surface area contributed by atoms with E-state index in [1.165, 1.54) is 22.3 Å². The lowest BCUT2D eigenvalue weighted by Crippen LogP contribution is -1.99. The molecule has 3 heteroatoms. The van der Waals surface area contributed by atoms with Crippen LogP contribution < -0.4 is 0 Å². The van der Waals surface area contributed by atoms with Crippen molar-refractivity contribution in [3.8, 4) is 5.69 Å². The number of fused-ring (bicyclic) bond motifs is 1. The molecule has 3 aromatic rings. The Morgan fingerprint density at radius 1 is 1.11 bits per heavy atom. The van der Waals surface area contributed by atoms with E-state index in [9.17, 15) is 0 Å². The number of aromatic nitrogens is 2. The molecule has 0 radical (unpaired) electrons. The lowest BCUT2D eigenvalue weighted by Gasteiger charge is -2.11. The van der Waals surface area contributed by atoms with Crippen LogP contribution >= 0.6 is 12.2 Å². The Balaban J connectivity index is 2.43. The van der Waals surface area contributed by atoms with Gasteiger partial charge in [0.1, 0.15) is 0 Å². The van der Waals surface area contributed by atoms with E-state index < -0.39 is 0 Å². The van der Waals surface area contributed by atoms with Gasteiger partial charge in [-0.1, -0.05) is 37.3 Å². The van der Waals surface area contributed by atoms with Crippen molar-refractivity contribution in [1.29, 1.82) is 0 Å². The average molecular weight is 268 g/mol. The third-order valence-corrected chi connectivity index (χ3v) is 3.80. The highest BCUT2D eigenvalue weighted by Crippen LogP contribution is 2.24. The first-order valence-corrected chi connectivity index (χ1v) is 6.92. The van der Waals surface area contributed by atoms with Gasteiger partial charge in [0, 0.05) is 0 Å². The van der Waals surface area contributed by atoms with Crippen LogP contribution in [0.2, 0.25) is 0 Å². The van der Waals surface area contributed by atoms with Gasteiger partial charge in [0.2, 0.25) is 0 Å². The number of hydrogen-bond acceptors (Lipinski definition) is 1. The van der Waals surface area contributed by atoms with Gasteiger partial charge in [0.15, 0.2) is 4.77 Å². The molecule has 0 unspecified atom stereocenters. The van der Waals surface area contributed by atoms with E-state index in [0.29, 0.717) is 0 Å². The van der Waals surface area contributed by atoms with Crippen LogP contribution in [0.25, 0.3) is 16.7 Å². The molecule has 3 rings (SSSR count). The van der Waals surface area contributed by atoms with Crippen LogP contribution in [-0.2, 0) is 6.42 Å². The van der Waals surface area contributed by atoms with Crippen LogP contribution in [0.1, 0.15) is 18.1 Å². The van der Waals surface area contributed by atoms with Gasteiger partial charge in [-0.05, 0) is 48.8 Å². The fourth-order valence-electron chi connectivity index (χ4n) is 2.59. The molecule has 0 fully saturated rings. The number of H-pyrrole nitrogens is 1. The first-order valence-electron chi connectivity index (χ1n) is 6.51. The van der Waals surface area contributed by atoms with Gasteiger partial charge in [-0.2, -0.15) is 0 Å². The van der Waals surface area contributed by atoms with Crippen molar-refractivity contribution in [3.05, 3.63) is 58.4 Å². The molecular weight excluding hydrogens is 252 g/mol. The first kappa shape index (κ1) is 12.2. The summed E-state index contributed by atoms with van der Waals surface area (Å²) in [6.45, 7) is 4.29. The highest BCUT2D eigenvalue weighted by atomic mass is 32.1. The fourth-order valence-corrected chi connectivity index (χ4v) is 2.89. The molecule has 19 heavy (non-hydrogen) atoms. The largest absolute Gasteiger partial charge is 0.330 e. The highest BCUT2D eigenvalue weighted by Gasteiger charge is 2.10. The van der Waals surface area contributed by atoms with Crippen LogP contribution in [0.5, 0.6) is 0 Å². The third-order valence-electron chi connectivity index (χ3n) is 3.52. The van der Waals surface area contributed by atoms with Crippen molar-refractivity contribution < 1.29 is 0 Å². The summed E-state index contributed by atoms with van der Waals surface area (Å²) in [6.07, 6.45) is 0.997. The molecule has 0 saturated carbocycles. The Kier molecular flexibility index (Phi) is 2.99. The molecule has 1 N–H and O–H groups in total. The Morgan fingerprint density at radius 3 is 2.68 bits per heavy atom. The lowest BCUT2D eigenvalue weighted by atomic mass is 10.1. The number of rotatable bonds is 2. The molecule has 0 saturated heterocycles. The maximum Gasteiger partial charge on any atom is 0.182 e. The molecule has 1 aromatic heterocycles. The summed E-state index contributed by atoms with van der Waals surface area (Å²) in [6, 6.07) is 14.7. The number of aromatic amines is 1. The highest BCUT2D eigenvalue weighted by molar-refractivity contribution is 7.71. The van der Waals surface area contributed by atoms with Crippen molar-refractivity contribution in [2.45, 2.75) is 20.3 Å². The second-order valence-corrected chi connectivity index (χ2v) is 5.11. The van der Waals surface area contributed by atoms with Crippen molar-refractivity contribution in [2.75, 3.05) is 0 Å². The van der Waals surface area contributed by atoms with Crippen LogP contribution in [0.4, 0.5) is 0 Å². The van der Waals surface area contributed by atoms with Gasteiger partial charge in [-0.15, -0.1) is 0 Å². The molecule has 0 aliphatic rings. The minimum absolute atomic E-state index is 0.755. The number of benzene rings is 2. The SMILES string of the molecule is CCc1ccccc1-n1c(=S)[nH]c2cccc(C)c21. The van der Waals surface area contributed by atoms with Gasteiger partial charge in [-0.25, -0.2) is 0 Å². The molecule has 0 atom stereocenters. The van der Waals surface area contributed by atoms with Gasteiger partial charge in [0.05, 0.1) is 16.7 Å². The van der Waals surface area contributed by atoms with E-state index in [1.54, 1.807) is 0 Å². The lowest BCUT2D eigenvalue weighted by molar-refractivity contribution is 1.01. The number of aryl methyl sites for hydroxylation is 2. The normalized spacial score (nSPS) is 11.1. The van der Waals surface area contributed by atoms with E-state index in [2.05, 4.69) is 65.9 Å². The zero-order valence-electron chi connectivity index (χ0n) is 11.1. The Hall–Kier alpha value is -1.87. The van der Waals surface area contributed by atoms with Crippen molar-refractivity contribution in [2.24, 2.45) is 0 Å². The van der Waals surface area contributed by atoms with Crippen molar-refractivity contribution in [1.82, 2.24) is 9.55 Å². The maximum atomic E-state index is 5.51. The van der Waals surface area contributed by atoms with Gasteiger partial charge >= 0.3 is 0 Å². The topological polar surface area (TPSA) is 20.7 Å². The number of nitrogens with zero attached hydrogens (tertiary/aromatic N) is 1. The monoisotopic (exact) mass is 268 g/mol. The zero-order chi connectivity index (χ0) is 13.4. The Morgan fingerprint density at radius 2 is 1.89 bits per heavy atom. The molecule has 1 heterocycles. The number of para-hydroxylation sites is 2. The van der Waals surface area contributed by atoms with Gasteiger partial charge in [-0.3, -0.25) is 4.57 Å². The molecule has 0 bridgehead atoms. The molecule has 0 spiro atoms.